The zero-order valence-corrected chi connectivity index (χ0v) is 15.6. The largest absolute Gasteiger partial charge is 0.379 e. The molecule has 2 aromatic carbocycles. The minimum absolute atomic E-state index is 0. The third kappa shape index (κ3) is 7.75. The van der Waals surface area contributed by atoms with Crippen LogP contribution in [0.25, 0.3) is 0 Å². The maximum atomic E-state index is 11.7. The minimum Gasteiger partial charge on any atom is -0.0707 e. The molecule has 3 atom stereocenters. The van der Waals surface area contributed by atoms with E-state index >= 15 is 0 Å². The second-order valence-corrected chi connectivity index (χ2v) is 7.22. The smallest absolute Gasteiger partial charge is 0.0707 e. The summed E-state index contributed by atoms with van der Waals surface area (Å²) in [7, 11) is -1.51. The molecule has 0 heterocycles. The van der Waals surface area contributed by atoms with Crippen LogP contribution in [0.5, 0.6) is 0 Å². The minimum atomic E-state index is -1.19. The monoisotopic (exact) mass is 412 g/mol. The average Bonchev–Trinajstić information content (AvgIpc) is 2.55. The van der Waals surface area contributed by atoms with Crippen molar-refractivity contribution < 1.29 is 29.6 Å². The molecule has 0 fully saturated rings. The van der Waals surface area contributed by atoms with Crippen molar-refractivity contribution in [3.05, 3.63) is 60.7 Å². The van der Waals surface area contributed by atoms with E-state index in [9.17, 15) is 9.13 Å². The molecule has 0 amide bonds. The Morgan fingerprint density at radius 2 is 1.48 bits per heavy atom. The van der Waals surface area contributed by atoms with E-state index in [4.69, 9.17) is 0 Å². The molecule has 0 aliphatic heterocycles. The van der Waals surface area contributed by atoms with Gasteiger partial charge >= 0.3 is 16.3 Å². The number of rotatable bonds is 4. The van der Waals surface area contributed by atoms with Gasteiger partial charge in [-0.1, -0.05) is 52.5 Å². The quantitative estimate of drug-likeness (QED) is 0.555. The van der Waals surface area contributed by atoms with E-state index in [1.54, 1.807) is 0 Å². The van der Waals surface area contributed by atoms with Gasteiger partial charge in [-0.05, 0) is 37.6 Å². The Morgan fingerprint density at radius 3 is 1.86 bits per heavy atom. The van der Waals surface area contributed by atoms with Crippen molar-refractivity contribution in [1.82, 2.24) is 0 Å². The maximum absolute atomic E-state index is 11.7. The van der Waals surface area contributed by atoms with Crippen molar-refractivity contribution in [2.45, 2.75) is 25.9 Å². The molecule has 2 rings (SSSR count). The van der Waals surface area contributed by atoms with Gasteiger partial charge in [0.1, 0.15) is 0 Å². The molecule has 0 aliphatic rings. The first-order chi connectivity index (χ1) is 9.69. The molecular weight excluding hydrogens is 393 g/mol. The Hall–Kier alpha value is -0.698. The summed E-state index contributed by atoms with van der Waals surface area (Å²) >= 11 is 0. The molecule has 114 valence electrons. The van der Waals surface area contributed by atoms with Crippen LogP contribution >= 0.6 is 16.3 Å². The number of hydrogen-bond acceptors (Lipinski definition) is 2. The average molecular weight is 413 g/mol. The first kappa shape index (κ1) is 20.3. The topological polar surface area (TPSA) is 34.1 Å². The van der Waals surface area contributed by atoms with E-state index in [1.165, 1.54) is 0 Å². The van der Waals surface area contributed by atoms with Gasteiger partial charge in [0.25, 0.3) is 0 Å². The van der Waals surface area contributed by atoms with Crippen LogP contribution in [0.2, 0.25) is 0 Å². The summed E-state index contributed by atoms with van der Waals surface area (Å²) in [5.74, 6) is 0. The molecule has 0 radical (unpaired) electrons. The van der Waals surface area contributed by atoms with Gasteiger partial charge in [-0.15, -0.1) is 0 Å². The van der Waals surface area contributed by atoms with Crippen molar-refractivity contribution in [2.24, 2.45) is 0 Å². The van der Waals surface area contributed by atoms with Gasteiger partial charge in [-0.2, -0.15) is 0 Å². The Balaban J connectivity index is 0.000000390. The summed E-state index contributed by atoms with van der Waals surface area (Å²) in [4.78, 5) is 0. The molecule has 2 aromatic rings. The summed E-state index contributed by atoms with van der Waals surface area (Å²) in [5, 5.41) is 1.86. The first-order valence-corrected chi connectivity index (χ1v) is 8.87. The number of benzene rings is 2. The van der Waals surface area contributed by atoms with Gasteiger partial charge in [0, 0.05) is 20.4 Å². The summed E-state index contributed by atoms with van der Waals surface area (Å²) in [6, 6.07) is 19.0. The fourth-order valence-corrected chi connectivity index (χ4v) is 3.14. The normalized spacial score (nSPS) is 11.6. The molecule has 0 saturated heterocycles. The van der Waals surface area contributed by atoms with Gasteiger partial charge < -0.3 is 0 Å². The molecule has 21 heavy (non-hydrogen) atoms. The molecule has 0 aliphatic carbocycles. The second kappa shape index (κ2) is 11.9. The van der Waals surface area contributed by atoms with Crippen molar-refractivity contribution in [3.8, 4) is 0 Å². The number of hydrogen-bond donors (Lipinski definition) is 0. The molecule has 0 saturated carbocycles. The summed E-state index contributed by atoms with van der Waals surface area (Å²) < 4.78 is 21.9. The van der Waals surface area contributed by atoms with Gasteiger partial charge in [0.2, 0.25) is 0 Å². The molecule has 2 nitrogen and oxygen atoms in total. The van der Waals surface area contributed by atoms with Gasteiger partial charge in [0.15, 0.2) is 16.3 Å². The molecule has 0 aromatic heterocycles. The Labute approximate surface area is 143 Å². The van der Waals surface area contributed by atoms with Crippen LogP contribution in [-0.4, -0.2) is 5.66 Å². The standard InChI is InChI=1S/C10H14OP.C6H5OP.Pd/c1-3-9(2)12(11)10-7-5-4-6-8-10;7-8-6-4-2-1-3-5-6;/h4-9H,3H2,1-2H3;1-5H;/q+1;;/p+1. The van der Waals surface area contributed by atoms with Gasteiger partial charge in [-0.25, -0.2) is 0 Å². The fourth-order valence-electron chi connectivity index (χ4n) is 1.50. The van der Waals surface area contributed by atoms with Crippen LogP contribution in [-0.2, 0) is 29.6 Å². The first-order valence-electron chi connectivity index (χ1n) is 6.63. The Kier molecular flexibility index (Phi) is 11.5. The van der Waals surface area contributed by atoms with Gasteiger partial charge in [-0.3, -0.25) is 0 Å². The fraction of sp³-hybridized carbons (Fsp3) is 0.250. The van der Waals surface area contributed by atoms with Crippen molar-refractivity contribution in [1.29, 1.82) is 0 Å². The van der Waals surface area contributed by atoms with Crippen molar-refractivity contribution in [2.75, 3.05) is 0 Å². The molecule has 3 unspecified atom stereocenters. The van der Waals surface area contributed by atoms with Crippen LogP contribution in [0.1, 0.15) is 20.3 Å². The van der Waals surface area contributed by atoms with E-state index in [0.29, 0.717) is 5.66 Å². The summed E-state index contributed by atoms with van der Waals surface area (Å²) in [6.07, 6.45) is 0.976. The van der Waals surface area contributed by atoms with E-state index in [2.05, 4.69) is 6.92 Å². The van der Waals surface area contributed by atoms with E-state index in [0.717, 1.165) is 17.0 Å². The SMILES string of the molecule is CCC(C)[P+](=O)c1ccccc1.O=[PH+]c1ccccc1.[Pd]. The second-order valence-electron chi connectivity index (χ2n) is 4.39. The zero-order valence-electron chi connectivity index (χ0n) is 12.1. The van der Waals surface area contributed by atoms with E-state index in [1.807, 2.05) is 67.6 Å². The van der Waals surface area contributed by atoms with E-state index < -0.39 is 7.80 Å². The maximum Gasteiger partial charge on any atom is 0.379 e. The van der Waals surface area contributed by atoms with Gasteiger partial charge in [0.05, 0.1) is 0 Å². The molecule has 0 N–H and O–H groups in total. The predicted octanol–water partition coefficient (Wildman–Crippen LogP) is 4.27. The van der Waals surface area contributed by atoms with Crippen LogP contribution < -0.4 is 10.6 Å². The molecule has 0 bridgehead atoms. The molecule has 0 spiro atoms. The predicted molar refractivity (Wildman–Crippen MR) is 88.5 cm³/mol. The van der Waals surface area contributed by atoms with Crippen LogP contribution in [0.15, 0.2) is 60.7 Å². The van der Waals surface area contributed by atoms with Crippen molar-refractivity contribution >= 4 is 26.9 Å². The molecule has 5 heteroatoms. The van der Waals surface area contributed by atoms with Crippen LogP contribution in [0.3, 0.4) is 0 Å². The summed E-state index contributed by atoms with van der Waals surface area (Å²) in [6.45, 7) is 4.10. The third-order valence-corrected chi connectivity index (χ3v) is 5.44. The van der Waals surface area contributed by atoms with Crippen LogP contribution in [0.4, 0.5) is 0 Å². The van der Waals surface area contributed by atoms with E-state index in [-0.39, 0.29) is 28.9 Å². The zero-order chi connectivity index (χ0) is 14.8. The van der Waals surface area contributed by atoms with Crippen LogP contribution in [0, 0.1) is 0 Å². The Bertz CT molecular complexity index is 532. The summed E-state index contributed by atoms with van der Waals surface area (Å²) in [5.41, 5.74) is 0.294. The third-order valence-electron chi connectivity index (χ3n) is 2.89. The van der Waals surface area contributed by atoms with Crippen molar-refractivity contribution in [3.63, 3.8) is 0 Å². The molecular formula is C16H20O2P2Pd+2. The Morgan fingerprint density at radius 1 is 1.00 bits per heavy atom.